The molecule has 2 unspecified atom stereocenters. The van der Waals surface area contributed by atoms with Gasteiger partial charge in [0.1, 0.15) is 11.9 Å². The van der Waals surface area contributed by atoms with Crippen LogP contribution in [-0.2, 0) is 14.3 Å². The topological polar surface area (TPSA) is 43.4 Å². The molecule has 3 nitrogen and oxygen atoms in total. The highest BCUT2D eigenvalue weighted by Crippen LogP contribution is 2.23. The Morgan fingerprint density at radius 1 is 0.463 bits per heavy atom. The first-order chi connectivity index (χ1) is 20.0. The standard InChI is InChI=1S/C38H74O3/c1-5-7-9-11-12-13-14-15-16-17-18-19-20-21-26-30-34-38(40)41-37(33-29-10-8-6-2)35(3)31-27-24-22-23-25-28-32-36(4)39/h35,37H,5-34H2,1-4H3. The molecule has 0 aliphatic rings. The minimum Gasteiger partial charge on any atom is -0.462 e. The number of carbonyl (C=O) groups excluding carboxylic acids is 2. The Hall–Kier alpha value is -0.860. The molecule has 244 valence electrons. The molecule has 0 bridgehead atoms. The highest BCUT2D eigenvalue weighted by atomic mass is 16.5. The van der Waals surface area contributed by atoms with Gasteiger partial charge in [0.25, 0.3) is 0 Å². The Balaban J connectivity index is 3.89. The molecule has 0 heterocycles. The number of unbranched alkanes of at least 4 members (excludes halogenated alkanes) is 23. The quantitative estimate of drug-likeness (QED) is 0.0574. The van der Waals surface area contributed by atoms with Crippen molar-refractivity contribution in [2.24, 2.45) is 5.92 Å². The summed E-state index contributed by atoms with van der Waals surface area (Å²) in [5.41, 5.74) is 0. The fraction of sp³-hybridized carbons (Fsp3) is 0.947. The lowest BCUT2D eigenvalue weighted by molar-refractivity contribution is -0.152. The van der Waals surface area contributed by atoms with Gasteiger partial charge in [0.05, 0.1) is 0 Å². The van der Waals surface area contributed by atoms with Crippen LogP contribution in [0.25, 0.3) is 0 Å². The zero-order valence-corrected chi connectivity index (χ0v) is 28.6. The minimum atomic E-state index is 0.0353. The lowest BCUT2D eigenvalue weighted by atomic mass is 9.93. The molecule has 0 saturated heterocycles. The number of Topliss-reactive ketones (excluding diaryl/α,β-unsaturated/α-hetero) is 1. The van der Waals surface area contributed by atoms with Gasteiger partial charge in [0, 0.05) is 12.8 Å². The van der Waals surface area contributed by atoms with Crippen molar-refractivity contribution in [3.63, 3.8) is 0 Å². The maximum atomic E-state index is 12.7. The predicted octanol–water partition coefficient (Wildman–Crippen LogP) is 12.9. The fourth-order valence-electron chi connectivity index (χ4n) is 6.01. The van der Waals surface area contributed by atoms with Gasteiger partial charge < -0.3 is 9.53 Å². The summed E-state index contributed by atoms with van der Waals surface area (Å²) in [6, 6.07) is 0. The average molecular weight is 579 g/mol. The Bertz CT molecular complexity index is 558. The summed E-state index contributed by atoms with van der Waals surface area (Å²) in [6.45, 7) is 8.52. The van der Waals surface area contributed by atoms with Crippen molar-refractivity contribution in [1.82, 2.24) is 0 Å². The Labute approximate surface area is 258 Å². The average Bonchev–Trinajstić information content (AvgIpc) is 2.95. The second-order valence-electron chi connectivity index (χ2n) is 13.3. The molecule has 0 spiro atoms. The largest absolute Gasteiger partial charge is 0.462 e. The summed E-state index contributed by atoms with van der Waals surface area (Å²) in [4.78, 5) is 23.7. The summed E-state index contributed by atoms with van der Waals surface area (Å²) < 4.78 is 6.08. The van der Waals surface area contributed by atoms with Gasteiger partial charge in [-0.05, 0) is 44.9 Å². The van der Waals surface area contributed by atoms with E-state index < -0.39 is 0 Å². The summed E-state index contributed by atoms with van der Waals surface area (Å²) in [6.07, 6.45) is 37.4. The Morgan fingerprint density at radius 3 is 1.24 bits per heavy atom. The third kappa shape index (κ3) is 30.4. The summed E-state index contributed by atoms with van der Waals surface area (Å²) in [5.74, 6) is 0.797. The van der Waals surface area contributed by atoms with E-state index in [0.717, 1.165) is 38.5 Å². The van der Waals surface area contributed by atoms with Gasteiger partial charge in [0.15, 0.2) is 0 Å². The number of esters is 1. The molecular weight excluding hydrogens is 504 g/mol. The van der Waals surface area contributed by atoms with Crippen LogP contribution < -0.4 is 0 Å². The highest BCUT2D eigenvalue weighted by Gasteiger charge is 2.21. The van der Waals surface area contributed by atoms with Crippen molar-refractivity contribution in [3.05, 3.63) is 0 Å². The van der Waals surface area contributed by atoms with Crippen molar-refractivity contribution >= 4 is 11.8 Å². The molecule has 0 aromatic heterocycles. The van der Waals surface area contributed by atoms with Crippen LogP contribution in [0.15, 0.2) is 0 Å². The van der Waals surface area contributed by atoms with Gasteiger partial charge in [-0.15, -0.1) is 0 Å². The fourth-order valence-corrected chi connectivity index (χ4v) is 6.01. The van der Waals surface area contributed by atoms with E-state index in [4.69, 9.17) is 4.74 Å². The van der Waals surface area contributed by atoms with E-state index >= 15 is 0 Å². The second kappa shape index (κ2) is 32.1. The first-order valence-corrected chi connectivity index (χ1v) is 18.7. The summed E-state index contributed by atoms with van der Waals surface area (Å²) in [7, 11) is 0. The van der Waals surface area contributed by atoms with Gasteiger partial charge in [-0.3, -0.25) is 4.79 Å². The second-order valence-corrected chi connectivity index (χ2v) is 13.3. The van der Waals surface area contributed by atoms with Gasteiger partial charge in [-0.1, -0.05) is 168 Å². The van der Waals surface area contributed by atoms with E-state index in [9.17, 15) is 9.59 Å². The SMILES string of the molecule is CCCCCCCCCCCCCCCCCCC(=O)OC(CCCCCC)C(C)CCCCCCCCC(C)=O. The maximum Gasteiger partial charge on any atom is 0.306 e. The predicted molar refractivity (Wildman–Crippen MR) is 180 cm³/mol. The molecule has 41 heavy (non-hydrogen) atoms. The van der Waals surface area contributed by atoms with Crippen LogP contribution in [0.2, 0.25) is 0 Å². The molecule has 0 rings (SSSR count). The lowest BCUT2D eigenvalue weighted by Gasteiger charge is -2.24. The number of hydrogen-bond acceptors (Lipinski definition) is 3. The van der Waals surface area contributed by atoms with E-state index in [-0.39, 0.29) is 12.1 Å². The third-order valence-electron chi connectivity index (χ3n) is 8.93. The number of rotatable bonds is 33. The van der Waals surface area contributed by atoms with E-state index in [2.05, 4.69) is 20.8 Å². The van der Waals surface area contributed by atoms with Crippen LogP contribution in [0.4, 0.5) is 0 Å². The van der Waals surface area contributed by atoms with Crippen LogP contribution in [0.1, 0.15) is 220 Å². The molecule has 0 aromatic carbocycles. The third-order valence-corrected chi connectivity index (χ3v) is 8.93. The minimum absolute atomic E-state index is 0.0353. The Kier molecular flexibility index (Phi) is 31.4. The number of carbonyl (C=O) groups is 2. The Morgan fingerprint density at radius 2 is 0.805 bits per heavy atom. The molecule has 2 atom stereocenters. The van der Waals surface area contributed by atoms with Crippen LogP contribution in [0, 0.1) is 5.92 Å². The normalized spacial score (nSPS) is 12.9. The van der Waals surface area contributed by atoms with Crippen LogP contribution in [0.5, 0.6) is 0 Å². The van der Waals surface area contributed by atoms with E-state index in [1.54, 1.807) is 6.92 Å². The first-order valence-electron chi connectivity index (χ1n) is 18.7. The van der Waals surface area contributed by atoms with Crippen molar-refractivity contribution in [1.29, 1.82) is 0 Å². The summed E-state index contributed by atoms with van der Waals surface area (Å²) in [5, 5.41) is 0. The monoisotopic (exact) mass is 579 g/mol. The maximum absolute atomic E-state index is 12.7. The molecule has 3 heteroatoms. The number of hydrogen-bond donors (Lipinski definition) is 0. The van der Waals surface area contributed by atoms with Crippen molar-refractivity contribution in [2.75, 3.05) is 0 Å². The molecular formula is C38H74O3. The molecule has 0 N–H and O–H groups in total. The van der Waals surface area contributed by atoms with Crippen LogP contribution in [0.3, 0.4) is 0 Å². The zero-order chi connectivity index (χ0) is 30.2. The number of ether oxygens (including phenoxy) is 1. The molecule has 0 radical (unpaired) electrons. The zero-order valence-electron chi connectivity index (χ0n) is 28.6. The first kappa shape index (κ1) is 40.1. The molecule has 0 fully saturated rings. The van der Waals surface area contributed by atoms with E-state index in [1.807, 2.05) is 0 Å². The smallest absolute Gasteiger partial charge is 0.306 e. The van der Waals surface area contributed by atoms with Crippen molar-refractivity contribution < 1.29 is 14.3 Å². The van der Waals surface area contributed by atoms with Crippen LogP contribution >= 0.6 is 0 Å². The summed E-state index contributed by atoms with van der Waals surface area (Å²) >= 11 is 0. The molecule has 0 aromatic rings. The highest BCUT2D eigenvalue weighted by molar-refractivity contribution is 5.75. The molecule has 0 aliphatic heterocycles. The molecule has 0 saturated carbocycles. The van der Waals surface area contributed by atoms with Crippen LogP contribution in [-0.4, -0.2) is 17.9 Å². The lowest BCUT2D eigenvalue weighted by Crippen LogP contribution is -2.25. The van der Waals surface area contributed by atoms with E-state index in [1.165, 1.54) is 148 Å². The van der Waals surface area contributed by atoms with E-state index in [0.29, 0.717) is 18.1 Å². The molecule has 0 aliphatic carbocycles. The van der Waals surface area contributed by atoms with Crippen molar-refractivity contribution in [3.8, 4) is 0 Å². The van der Waals surface area contributed by atoms with Crippen molar-refractivity contribution in [2.45, 2.75) is 226 Å². The van der Waals surface area contributed by atoms with Gasteiger partial charge in [-0.25, -0.2) is 0 Å². The van der Waals surface area contributed by atoms with Gasteiger partial charge >= 0.3 is 5.97 Å². The number of ketones is 1. The van der Waals surface area contributed by atoms with Gasteiger partial charge in [0.2, 0.25) is 0 Å². The van der Waals surface area contributed by atoms with Gasteiger partial charge in [-0.2, -0.15) is 0 Å². The molecule has 0 amide bonds.